The third-order valence-electron chi connectivity index (χ3n) is 3.55. The van der Waals surface area contributed by atoms with Crippen molar-refractivity contribution in [3.05, 3.63) is 42.0 Å². The third-order valence-corrected chi connectivity index (χ3v) is 3.55. The molecule has 0 amide bonds. The molecule has 0 bridgehead atoms. The molecule has 0 aliphatic heterocycles. The Morgan fingerprint density at radius 2 is 1.72 bits per heavy atom. The number of hydrogen-bond donors (Lipinski definition) is 2. The van der Waals surface area contributed by atoms with Gasteiger partial charge in [0.25, 0.3) is 5.92 Å². The first kappa shape index (κ1) is 11.4. The zero-order valence-corrected chi connectivity index (χ0v) is 9.66. The van der Waals surface area contributed by atoms with E-state index in [2.05, 4.69) is 0 Å². The molecule has 0 heterocycles. The number of hydrogen-bond acceptors (Lipinski definition) is 2. The highest BCUT2D eigenvalue weighted by molar-refractivity contribution is 5.88. The standard InChI is InChI=1S/C14H13F2NO/c15-14(16)7-13(17,8-14)12-10-4-2-1-3-9(10)5-6-11(12)18/h1-6,18H,7-8,17H2. The topological polar surface area (TPSA) is 46.2 Å². The molecule has 4 heteroatoms. The molecular formula is C14H13F2NO. The minimum Gasteiger partial charge on any atom is -0.508 e. The number of rotatable bonds is 1. The molecule has 0 saturated heterocycles. The highest BCUT2D eigenvalue weighted by Crippen LogP contribution is 2.53. The number of phenolic OH excluding ortho intramolecular Hbond substituents is 1. The third kappa shape index (κ3) is 1.56. The summed E-state index contributed by atoms with van der Waals surface area (Å²) in [4.78, 5) is 0. The summed E-state index contributed by atoms with van der Waals surface area (Å²) >= 11 is 0. The Labute approximate surface area is 103 Å². The molecule has 0 radical (unpaired) electrons. The Balaban J connectivity index is 2.20. The maximum atomic E-state index is 13.1. The lowest BCUT2D eigenvalue weighted by Gasteiger charge is -2.45. The second kappa shape index (κ2) is 3.42. The molecule has 3 N–H and O–H groups in total. The van der Waals surface area contributed by atoms with E-state index in [0.29, 0.717) is 5.56 Å². The SMILES string of the molecule is NC1(c2c(O)ccc3ccccc23)CC(F)(F)C1. The minimum atomic E-state index is -2.72. The van der Waals surface area contributed by atoms with Gasteiger partial charge < -0.3 is 10.8 Å². The summed E-state index contributed by atoms with van der Waals surface area (Å²) in [6.07, 6.45) is -0.830. The Hall–Kier alpha value is -1.68. The molecule has 0 spiro atoms. The molecule has 18 heavy (non-hydrogen) atoms. The molecule has 2 aromatic carbocycles. The van der Waals surface area contributed by atoms with Gasteiger partial charge in [0.15, 0.2) is 0 Å². The van der Waals surface area contributed by atoms with E-state index in [1.807, 2.05) is 18.2 Å². The molecule has 3 rings (SSSR count). The fraction of sp³-hybridized carbons (Fsp3) is 0.286. The number of nitrogens with two attached hydrogens (primary N) is 1. The minimum absolute atomic E-state index is 0.00769. The van der Waals surface area contributed by atoms with E-state index in [0.717, 1.165) is 10.8 Å². The van der Waals surface area contributed by atoms with Gasteiger partial charge in [-0.05, 0) is 16.8 Å². The lowest BCUT2D eigenvalue weighted by atomic mass is 9.68. The molecule has 1 fully saturated rings. The number of aromatic hydroxyl groups is 1. The Morgan fingerprint density at radius 3 is 2.39 bits per heavy atom. The average molecular weight is 249 g/mol. The van der Waals surface area contributed by atoms with Crippen molar-refractivity contribution in [2.75, 3.05) is 0 Å². The molecule has 0 unspecified atom stereocenters. The zero-order valence-electron chi connectivity index (χ0n) is 9.66. The van der Waals surface area contributed by atoms with E-state index in [1.165, 1.54) is 6.07 Å². The number of halogens is 2. The van der Waals surface area contributed by atoms with Crippen LogP contribution in [0.15, 0.2) is 36.4 Å². The highest BCUT2D eigenvalue weighted by Gasteiger charge is 2.56. The summed E-state index contributed by atoms with van der Waals surface area (Å²) in [7, 11) is 0. The van der Waals surface area contributed by atoms with Crippen LogP contribution in [0.2, 0.25) is 0 Å². The van der Waals surface area contributed by atoms with Gasteiger partial charge in [-0.1, -0.05) is 30.3 Å². The normalized spacial score (nSPS) is 20.6. The van der Waals surface area contributed by atoms with Gasteiger partial charge in [-0.3, -0.25) is 0 Å². The van der Waals surface area contributed by atoms with E-state index >= 15 is 0 Å². The first-order chi connectivity index (χ1) is 8.41. The molecule has 2 aromatic rings. The van der Waals surface area contributed by atoms with Crippen molar-refractivity contribution in [3.8, 4) is 5.75 Å². The van der Waals surface area contributed by atoms with Crippen molar-refractivity contribution in [3.63, 3.8) is 0 Å². The van der Waals surface area contributed by atoms with Crippen molar-refractivity contribution in [1.82, 2.24) is 0 Å². The van der Waals surface area contributed by atoms with E-state index < -0.39 is 24.3 Å². The quantitative estimate of drug-likeness (QED) is 0.815. The first-order valence-corrected chi connectivity index (χ1v) is 5.79. The van der Waals surface area contributed by atoms with Crippen LogP contribution in [0.25, 0.3) is 10.8 Å². The Kier molecular flexibility index (Phi) is 2.17. The van der Waals surface area contributed by atoms with Crippen molar-refractivity contribution >= 4 is 10.8 Å². The van der Waals surface area contributed by atoms with Crippen molar-refractivity contribution in [2.45, 2.75) is 24.3 Å². The summed E-state index contributed by atoms with van der Waals surface area (Å²) < 4.78 is 26.2. The molecule has 0 aromatic heterocycles. The maximum Gasteiger partial charge on any atom is 0.252 e. The number of phenols is 1. The predicted molar refractivity (Wildman–Crippen MR) is 65.7 cm³/mol. The molecule has 1 aliphatic carbocycles. The monoisotopic (exact) mass is 249 g/mol. The van der Waals surface area contributed by atoms with Gasteiger partial charge in [-0.25, -0.2) is 8.78 Å². The van der Waals surface area contributed by atoms with Crippen molar-refractivity contribution < 1.29 is 13.9 Å². The van der Waals surface area contributed by atoms with E-state index in [4.69, 9.17) is 5.73 Å². The number of alkyl halides is 2. The van der Waals surface area contributed by atoms with Gasteiger partial charge >= 0.3 is 0 Å². The molecule has 1 aliphatic rings. The van der Waals surface area contributed by atoms with Gasteiger partial charge in [-0.15, -0.1) is 0 Å². The van der Waals surface area contributed by atoms with Gasteiger partial charge in [-0.2, -0.15) is 0 Å². The van der Waals surface area contributed by atoms with Crippen LogP contribution in [0.5, 0.6) is 5.75 Å². The fourth-order valence-electron chi connectivity index (χ4n) is 2.83. The van der Waals surface area contributed by atoms with Crippen LogP contribution in [-0.2, 0) is 5.54 Å². The average Bonchev–Trinajstić information content (AvgIpc) is 2.25. The van der Waals surface area contributed by atoms with Crippen LogP contribution < -0.4 is 5.73 Å². The Morgan fingerprint density at radius 1 is 1.06 bits per heavy atom. The predicted octanol–water partition coefficient (Wildman–Crippen LogP) is 3.13. The van der Waals surface area contributed by atoms with Crippen LogP contribution in [0, 0.1) is 0 Å². The van der Waals surface area contributed by atoms with E-state index in [1.54, 1.807) is 12.1 Å². The smallest absolute Gasteiger partial charge is 0.252 e. The lowest BCUT2D eigenvalue weighted by Crippen LogP contribution is -2.55. The largest absolute Gasteiger partial charge is 0.508 e. The number of fused-ring (bicyclic) bond motifs is 1. The van der Waals surface area contributed by atoms with Gasteiger partial charge in [0.05, 0.1) is 5.54 Å². The van der Waals surface area contributed by atoms with Gasteiger partial charge in [0, 0.05) is 18.4 Å². The van der Waals surface area contributed by atoms with Crippen LogP contribution in [0.4, 0.5) is 8.78 Å². The molecular weight excluding hydrogens is 236 g/mol. The van der Waals surface area contributed by atoms with Gasteiger partial charge in [0.1, 0.15) is 5.75 Å². The summed E-state index contributed by atoms with van der Waals surface area (Å²) in [5, 5.41) is 11.6. The lowest BCUT2D eigenvalue weighted by molar-refractivity contribution is -0.125. The van der Waals surface area contributed by atoms with Crippen LogP contribution >= 0.6 is 0 Å². The Bertz CT molecular complexity index is 616. The van der Waals surface area contributed by atoms with E-state index in [9.17, 15) is 13.9 Å². The summed E-state index contributed by atoms with van der Waals surface area (Å²) in [6.45, 7) is 0. The maximum absolute atomic E-state index is 13.1. The highest BCUT2D eigenvalue weighted by atomic mass is 19.3. The summed E-state index contributed by atoms with van der Waals surface area (Å²) in [5.41, 5.74) is 5.33. The van der Waals surface area contributed by atoms with Gasteiger partial charge in [0.2, 0.25) is 0 Å². The molecule has 2 nitrogen and oxygen atoms in total. The number of benzene rings is 2. The zero-order chi connectivity index (χ0) is 13.0. The second-order valence-corrected chi connectivity index (χ2v) is 5.05. The summed E-state index contributed by atoms with van der Waals surface area (Å²) in [5.74, 6) is -2.73. The van der Waals surface area contributed by atoms with Crippen LogP contribution in [0.3, 0.4) is 0 Å². The van der Waals surface area contributed by atoms with E-state index in [-0.39, 0.29) is 5.75 Å². The molecule has 94 valence electrons. The van der Waals surface area contributed by atoms with Crippen LogP contribution in [-0.4, -0.2) is 11.0 Å². The second-order valence-electron chi connectivity index (χ2n) is 5.05. The first-order valence-electron chi connectivity index (χ1n) is 5.79. The summed E-state index contributed by atoms with van der Waals surface area (Å²) in [6, 6.07) is 10.6. The fourth-order valence-corrected chi connectivity index (χ4v) is 2.83. The molecule has 1 saturated carbocycles. The van der Waals surface area contributed by atoms with Crippen molar-refractivity contribution in [2.24, 2.45) is 5.73 Å². The van der Waals surface area contributed by atoms with Crippen molar-refractivity contribution in [1.29, 1.82) is 0 Å². The van der Waals surface area contributed by atoms with Crippen LogP contribution in [0.1, 0.15) is 18.4 Å². The molecule has 0 atom stereocenters.